The van der Waals surface area contributed by atoms with Crippen LogP contribution in [0.4, 0.5) is 11.4 Å². The summed E-state index contributed by atoms with van der Waals surface area (Å²) in [4.78, 5) is 14.3. The number of amides is 1. The predicted molar refractivity (Wildman–Crippen MR) is 86.4 cm³/mol. The van der Waals surface area contributed by atoms with E-state index < -0.39 is 0 Å². The summed E-state index contributed by atoms with van der Waals surface area (Å²) in [5.41, 5.74) is 9.64. The van der Waals surface area contributed by atoms with E-state index in [-0.39, 0.29) is 5.91 Å². The first-order valence-corrected chi connectivity index (χ1v) is 7.45. The van der Waals surface area contributed by atoms with Crippen LogP contribution in [0.15, 0.2) is 42.5 Å². The number of nitrogens with zero attached hydrogens (tertiary/aromatic N) is 1. The standard InChI is InChI=1S/C17H17ClN2O/c18-15-6-2-1-4-13(15)11-20-16-9-8-14(19)10-12(16)5-3-7-17(20)21/h1-2,4,6,8-10H,3,5,7,11,19H2. The fraction of sp³-hybridized carbons (Fsp3) is 0.235. The lowest BCUT2D eigenvalue weighted by molar-refractivity contribution is -0.118. The van der Waals surface area contributed by atoms with Crippen molar-refractivity contribution in [2.24, 2.45) is 0 Å². The molecule has 1 aliphatic heterocycles. The Morgan fingerprint density at radius 2 is 1.95 bits per heavy atom. The topological polar surface area (TPSA) is 46.3 Å². The number of hydrogen-bond acceptors (Lipinski definition) is 2. The molecule has 0 aliphatic carbocycles. The van der Waals surface area contributed by atoms with Gasteiger partial charge in [0.05, 0.1) is 6.54 Å². The third-order valence-corrected chi connectivity index (χ3v) is 4.19. The molecule has 21 heavy (non-hydrogen) atoms. The average Bonchev–Trinajstić information content (AvgIpc) is 2.61. The molecule has 3 nitrogen and oxygen atoms in total. The first kappa shape index (κ1) is 14.0. The molecule has 4 heteroatoms. The molecule has 0 atom stereocenters. The van der Waals surface area contributed by atoms with E-state index in [1.807, 2.05) is 47.4 Å². The van der Waals surface area contributed by atoms with Gasteiger partial charge in [0.2, 0.25) is 5.91 Å². The van der Waals surface area contributed by atoms with Crippen molar-refractivity contribution in [2.75, 3.05) is 10.6 Å². The Balaban J connectivity index is 2.00. The highest BCUT2D eigenvalue weighted by Gasteiger charge is 2.23. The van der Waals surface area contributed by atoms with E-state index in [4.69, 9.17) is 17.3 Å². The first-order valence-electron chi connectivity index (χ1n) is 7.07. The maximum atomic E-state index is 12.4. The van der Waals surface area contributed by atoms with Crippen LogP contribution >= 0.6 is 11.6 Å². The SMILES string of the molecule is Nc1ccc2c(c1)CCCC(=O)N2Cc1ccccc1Cl. The molecule has 1 aliphatic rings. The zero-order valence-corrected chi connectivity index (χ0v) is 12.4. The molecule has 2 N–H and O–H groups in total. The van der Waals surface area contributed by atoms with E-state index >= 15 is 0 Å². The molecule has 3 rings (SSSR count). The average molecular weight is 301 g/mol. The molecule has 0 radical (unpaired) electrons. The fourth-order valence-corrected chi connectivity index (χ4v) is 2.93. The lowest BCUT2D eigenvalue weighted by Crippen LogP contribution is -2.29. The molecular weight excluding hydrogens is 284 g/mol. The van der Waals surface area contributed by atoms with Crippen LogP contribution in [0.1, 0.15) is 24.0 Å². The normalized spacial score (nSPS) is 14.7. The molecule has 0 fully saturated rings. The lowest BCUT2D eigenvalue weighted by Gasteiger charge is -2.24. The maximum Gasteiger partial charge on any atom is 0.227 e. The summed E-state index contributed by atoms with van der Waals surface area (Å²) in [5, 5.41) is 0.687. The second-order valence-corrected chi connectivity index (χ2v) is 5.72. The number of nitrogens with two attached hydrogens (primary N) is 1. The Bertz CT molecular complexity index is 684. The summed E-state index contributed by atoms with van der Waals surface area (Å²) in [6.07, 6.45) is 2.29. The number of aryl methyl sites for hydroxylation is 1. The van der Waals surface area contributed by atoms with Crippen LogP contribution in [-0.4, -0.2) is 5.91 Å². The Kier molecular flexibility index (Phi) is 3.84. The molecule has 0 bridgehead atoms. The molecule has 1 heterocycles. The quantitative estimate of drug-likeness (QED) is 0.858. The monoisotopic (exact) mass is 300 g/mol. The van der Waals surface area contributed by atoms with Crippen molar-refractivity contribution in [3.05, 3.63) is 58.6 Å². The second-order valence-electron chi connectivity index (χ2n) is 5.31. The molecule has 2 aromatic rings. The van der Waals surface area contributed by atoms with Gasteiger partial charge in [0.15, 0.2) is 0 Å². The van der Waals surface area contributed by atoms with E-state index in [9.17, 15) is 4.79 Å². The van der Waals surface area contributed by atoms with Gasteiger partial charge in [-0.25, -0.2) is 0 Å². The lowest BCUT2D eigenvalue weighted by atomic mass is 10.1. The number of halogens is 1. The van der Waals surface area contributed by atoms with E-state index in [0.717, 1.165) is 35.3 Å². The summed E-state index contributed by atoms with van der Waals surface area (Å²) < 4.78 is 0. The van der Waals surface area contributed by atoms with E-state index in [1.54, 1.807) is 0 Å². The summed E-state index contributed by atoms with van der Waals surface area (Å²) in [6, 6.07) is 13.4. The van der Waals surface area contributed by atoms with Crippen molar-refractivity contribution in [3.63, 3.8) is 0 Å². The second kappa shape index (κ2) is 5.78. The highest BCUT2D eigenvalue weighted by atomic mass is 35.5. The smallest absolute Gasteiger partial charge is 0.227 e. The Morgan fingerprint density at radius 1 is 1.14 bits per heavy atom. The molecule has 0 saturated heterocycles. The van der Waals surface area contributed by atoms with Crippen LogP contribution < -0.4 is 10.6 Å². The van der Waals surface area contributed by atoms with Gasteiger partial charge < -0.3 is 10.6 Å². The Hall–Kier alpha value is -2.00. The van der Waals surface area contributed by atoms with Crippen molar-refractivity contribution < 1.29 is 4.79 Å². The molecule has 2 aromatic carbocycles. The number of benzene rings is 2. The minimum absolute atomic E-state index is 0.137. The van der Waals surface area contributed by atoms with Crippen LogP contribution in [0.25, 0.3) is 0 Å². The summed E-state index contributed by atoms with van der Waals surface area (Å²) in [7, 11) is 0. The third kappa shape index (κ3) is 2.88. The highest BCUT2D eigenvalue weighted by Crippen LogP contribution is 2.31. The molecule has 0 aromatic heterocycles. The van der Waals surface area contributed by atoms with Crippen molar-refractivity contribution in [1.82, 2.24) is 0 Å². The number of anilines is 2. The van der Waals surface area contributed by atoms with Gasteiger partial charge in [-0.05, 0) is 48.2 Å². The molecular formula is C17H17ClN2O. The van der Waals surface area contributed by atoms with Gasteiger partial charge in [0, 0.05) is 22.8 Å². The number of carbonyl (C=O) groups is 1. The number of nitrogen functional groups attached to an aromatic ring is 1. The number of fused-ring (bicyclic) bond motifs is 1. The minimum Gasteiger partial charge on any atom is -0.399 e. The van der Waals surface area contributed by atoms with Gasteiger partial charge in [-0.3, -0.25) is 4.79 Å². The largest absolute Gasteiger partial charge is 0.399 e. The molecule has 0 saturated carbocycles. The predicted octanol–water partition coefficient (Wildman–Crippen LogP) is 3.79. The zero-order chi connectivity index (χ0) is 14.8. The van der Waals surface area contributed by atoms with E-state index in [2.05, 4.69) is 0 Å². The zero-order valence-electron chi connectivity index (χ0n) is 11.7. The van der Waals surface area contributed by atoms with Crippen molar-refractivity contribution in [2.45, 2.75) is 25.8 Å². The minimum atomic E-state index is 0.137. The molecule has 108 valence electrons. The Labute approximate surface area is 129 Å². The van der Waals surface area contributed by atoms with Gasteiger partial charge in [-0.15, -0.1) is 0 Å². The third-order valence-electron chi connectivity index (χ3n) is 3.82. The van der Waals surface area contributed by atoms with Crippen LogP contribution in [0.3, 0.4) is 0 Å². The van der Waals surface area contributed by atoms with Gasteiger partial charge >= 0.3 is 0 Å². The summed E-state index contributed by atoms with van der Waals surface area (Å²) in [6.45, 7) is 0.495. The maximum absolute atomic E-state index is 12.4. The van der Waals surface area contributed by atoms with E-state index in [0.29, 0.717) is 18.0 Å². The summed E-state index contributed by atoms with van der Waals surface area (Å²) in [5.74, 6) is 0.137. The fourth-order valence-electron chi connectivity index (χ4n) is 2.74. The van der Waals surface area contributed by atoms with Crippen LogP contribution in [0.2, 0.25) is 5.02 Å². The van der Waals surface area contributed by atoms with E-state index in [1.165, 1.54) is 0 Å². The van der Waals surface area contributed by atoms with Gasteiger partial charge in [-0.1, -0.05) is 29.8 Å². The Morgan fingerprint density at radius 3 is 2.76 bits per heavy atom. The number of carbonyl (C=O) groups excluding carboxylic acids is 1. The van der Waals surface area contributed by atoms with Gasteiger partial charge in [0.1, 0.15) is 0 Å². The first-order chi connectivity index (χ1) is 10.1. The highest BCUT2D eigenvalue weighted by molar-refractivity contribution is 6.31. The molecule has 1 amide bonds. The number of hydrogen-bond donors (Lipinski definition) is 1. The molecule has 0 unspecified atom stereocenters. The van der Waals surface area contributed by atoms with Crippen LogP contribution in [0.5, 0.6) is 0 Å². The van der Waals surface area contributed by atoms with Crippen molar-refractivity contribution in [1.29, 1.82) is 0 Å². The number of rotatable bonds is 2. The van der Waals surface area contributed by atoms with Gasteiger partial charge in [0.25, 0.3) is 0 Å². The van der Waals surface area contributed by atoms with Crippen molar-refractivity contribution >= 4 is 28.9 Å². The van der Waals surface area contributed by atoms with Gasteiger partial charge in [-0.2, -0.15) is 0 Å². The van der Waals surface area contributed by atoms with Crippen LogP contribution in [0, 0.1) is 0 Å². The van der Waals surface area contributed by atoms with Crippen LogP contribution in [-0.2, 0) is 17.8 Å². The summed E-state index contributed by atoms with van der Waals surface area (Å²) >= 11 is 6.23. The van der Waals surface area contributed by atoms with Crippen molar-refractivity contribution in [3.8, 4) is 0 Å². The molecule has 0 spiro atoms.